The average Bonchev–Trinajstić information content (AvgIpc) is 2.95. The zero-order valence-electron chi connectivity index (χ0n) is 28.2. The minimum atomic E-state index is -5.79. The van der Waals surface area contributed by atoms with Crippen LogP contribution in [0, 0.1) is 0 Å². The molecule has 0 radical (unpaired) electrons. The van der Waals surface area contributed by atoms with Crippen molar-refractivity contribution in [3.63, 3.8) is 0 Å². The Labute approximate surface area is 383 Å². The number of ether oxygens (including phenoxy) is 6. The number of carboxylic acid groups (broad SMARTS) is 2. The molecule has 0 amide bonds. The molecular formula is C21H29NNa4O24S2. The molecule has 0 bridgehead atoms. The quantitative estimate of drug-likeness (QED) is 0.0330. The number of nitrogens with zero attached hydrogens (tertiary/aromatic N) is 1. The molecule has 3 saturated heterocycles. The van der Waals surface area contributed by atoms with Crippen molar-refractivity contribution in [1.82, 2.24) is 0 Å². The molecule has 3 rings (SSSR count). The van der Waals surface area contributed by atoms with E-state index in [9.17, 15) is 71.8 Å². The first-order chi connectivity index (χ1) is 22.1. The minimum Gasteiger partial charge on any atom is -0.862 e. The van der Waals surface area contributed by atoms with E-state index in [1.54, 1.807) is 0 Å². The fourth-order valence-electron chi connectivity index (χ4n) is 4.96. The van der Waals surface area contributed by atoms with Gasteiger partial charge in [0.1, 0.15) is 61.0 Å². The van der Waals surface area contributed by atoms with E-state index in [1.165, 1.54) is 0 Å². The van der Waals surface area contributed by atoms with Crippen molar-refractivity contribution >= 4 is 38.6 Å². The maximum atomic E-state index is 12.2. The summed E-state index contributed by atoms with van der Waals surface area (Å²) < 4.78 is 106. The Bertz CT molecular complexity index is 1410. The summed E-state index contributed by atoms with van der Waals surface area (Å²) in [6, 6.07) is -2.13. The third-order valence-electron chi connectivity index (χ3n) is 6.96. The Balaban J connectivity index is 0. The van der Waals surface area contributed by atoms with Gasteiger partial charge in [-0.15, -0.1) is 0 Å². The number of aliphatic imine (C=N–C) groups is 1. The molecule has 15 atom stereocenters. The number of aliphatic hydroxyl groups excluding tert-OH is 5. The molecule has 3 heterocycles. The van der Waals surface area contributed by atoms with Crippen LogP contribution in [0.1, 0.15) is 6.92 Å². The first-order valence-electron chi connectivity index (χ1n) is 13.2. The summed E-state index contributed by atoms with van der Waals surface area (Å²) in [6.45, 7) is -0.357. The number of rotatable bonds is 13. The molecule has 278 valence electrons. The van der Waals surface area contributed by atoms with Crippen molar-refractivity contribution in [2.24, 2.45) is 4.99 Å². The number of carbonyl (C=O) groups excluding carboxylic acids is 2. The Morgan fingerprint density at radius 1 is 0.712 bits per heavy atom. The van der Waals surface area contributed by atoms with Gasteiger partial charge in [-0.25, -0.2) is 12.6 Å². The molecule has 0 aromatic rings. The average molecular weight is 836 g/mol. The van der Waals surface area contributed by atoms with Crippen molar-refractivity contribution in [1.29, 1.82) is 0 Å². The molecule has 3 aliphatic rings. The topological polar surface area (TPSA) is 402 Å². The normalized spacial score (nSPS) is 38.3. The van der Waals surface area contributed by atoms with Gasteiger partial charge in [-0.2, -0.15) is 8.42 Å². The molecular weight excluding hydrogens is 806 g/mol. The second kappa shape index (κ2) is 23.3. The molecule has 0 aliphatic carbocycles. The number of aliphatic carboxylic acids is 2. The molecule has 6 N–H and O–H groups in total. The van der Waals surface area contributed by atoms with Gasteiger partial charge in [-0.3, -0.25) is 13.7 Å². The minimum absolute atomic E-state index is 0. The number of hydrogen-bond acceptors (Lipinski definition) is 24. The van der Waals surface area contributed by atoms with Crippen molar-refractivity contribution < 1.29 is 231 Å². The summed E-state index contributed by atoms with van der Waals surface area (Å²) in [4.78, 5) is 27.1. The van der Waals surface area contributed by atoms with Gasteiger partial charge in [0, 0.05) is 7.11 Å². The molecule has 3 aliphatic heterocycles. The first kappa shape index (κ1) is 55.8. The van der Waals surface area contributed by atoms with Gasteiger partial charge >= 0.3 is 129 Å². The van der Waals surface area contributed by atoms with Crippen LogP contribution in [-0.2, 0) is 67.2 Å². The second-order valence-electron chi connectivity index (χ2n) is 10.2. The van der Waals surface area contributed by atoms with Crippen LogP contribution in [0.5, 0.6) is 0 Å². The summed E-state index contributed by atoms with van der Waals surface area (Å²) in [5.74, 6) is -5.47. The van der Waals surface area contributed by atoms with Crippen LogP contribution in [0.25, 0.3) is 0 Å². The van der Waals surface area contributed by atoms with Gasteiger partial charge in [0.2, 0.25) is 10.4 Å². The van der Waals surface area contributed by atoms with Crippen LogP contribution in [0.3, 0.4) is 0 Å². The summed E-state index contributed by atoms with van der Waals surface area (Å²) in [7, 11) is -10.3. The first-order valence-corrected chi connectivity index (χ1v) is 15.9. The van der Waals surface area contributed by atoms with E-state index in [4.69, 9.17) is 33.0 Å². The summed E-state index contributed by atoms with van der Waals surface area (Å²) in [5, 5.41) is 87.8. The van der Waals surface area contributed by atoms with Crippen LogP contribution in [0.4, 0.5) is 0 Å². The predicted molar refractivity (Wildman–Crippen MR) is 132 cm³/mol. The second-order valence-corrected chi connectivity index (χ2v) is 12.3. The summed E-state index contributed by atoms with van der Waals surface area (Å²) >= 11 is 0. The number of aliphatic hydroxyl groups is 5. The Hall–Kier alpha value is 1.71. The van der Waals surface area contributed by atoms with Crippen molar-refractivity contribution in [3.8, 4) is 0 Å². The molecule has 0 saturated carbocycles. The van der Waals surface area contributed by atoms with Crippen LogP contribution in [-0.4, -0.2) is 175 Å². The zero-order valence-corrected chi connectivity index (χ0v) is 37.8. The Morgan fingerprint density at radius 2 is 1.21 bits per heavy atom. The van der Waals surface area contributed by atoms with Gasteiger partial charge in [-0.05, 0) is 12.8 Å². The van der Waals surface area contributed by atoms with Gasteiger partial charge in [0.15, 0.2) is 31.1 Å². The van der Waals surface area contributed by atoms with E-state index >= 15 is 0 Å². The van der Waals surface area contributed by atoms with Gasteiger partial charge < -0.3 is 83.4 Å². The molecule has 52 heavy (non-hydrogen) atoms. The Morgan fingerprint density at radius 3 is 1.65 bits per heavy atom. The van der Waals surface area contributed by atoms with E-state index in [-0.39, 0.29) is 118 Å². The summed E-state index contributed by atoms with van der Waals surface area (Å²) in [5.41, 5.74) is 0. The maximum Gasteiger partial charge on any atom is 1.00 e. The smallest absolute Gasteiger partial charge is 0.862 e. The number of hydrogen-bond donors (Lipinski definition) is 6. The molecule has 31 heteroatoms. The number of methoxy groups -OCH3 is 1. The zero-order chi connectivity index (χ0) is 36.5. The van der Waals surface area contributed by atoms with Gasteiger partial charge in [0.05, 0.1) is 18.5 Å². The fraction of sp³-hybridized carbons (Fsp3) is 0.857. The van der Waals surface area contributed by atoms with E-state index in [0.29, 0.717) is 0 Å². The van der Waals surface area contributed by atoms with E-state index < -0.39 is 137 Å². The summed E-state index contributed by atoms with van der Waals surface area (Å²) in [6.07, 6.45) is -32.8. The molecule has 0 spiro atoms. The largest absolute Gasteiger partial charge is 1.00 e. The van der Waals surface area contributed by atoms with Crippen LogP contribution >= 0.6 is 0 Å². The van der Waals surface area contributed by atoms with Crippen LogP contribution in [0.2, 0.25) is 0 Å². The van der Waals surface area contributed by atoms with E-state index in [1.807, 2.05) is 0 Å². The molecule has 0 aromatic heterocycles. The maximum absolute atomic E-state index is 12.2. The molecule has 0 unspecified atom stereocenters. The van der Waals surface area contributed by atoms with Crippen molar-refractivity contribution in [3.05, 3.63) is 0 Å². The van der Waals surface area contributed by atoms with E-state index in [2.05, 4.69) is 13.4 Å². The standard InChI is InChI=1S/C21H33NO24S2.4Na/c1-4(24)22-6-11(41-21-14(45-47(33,34)35)9(27)8(26)13(43-21)17(29)30)7(25)5(3-23)40-19(6)42-12-10(28)15(46-48(36,37)38)20(39-2)44-16(12)18(31)32;;;;/h5-16,19-21,23,25-28H,3H2,1-2H3,(H,22,24)(H,29,30)(H,31,32)(H,33,34,35)(H,36,37,38);;;;/q;4*+1/p-4/t5-,6-,7+,8+,9+,10+,11-,12+,13-,14-,15-,16-,19+,20-,21-;;;;/m1..../s1. The molecule has 3 fully saturated rings. The third-order valence-corrected chi connectivity index (χ3v) is 7.88. The van der Waals surface area contributed by atoms with Gasteiger partial charge in [-0.1, -0.05) is 0 Å². The number of carboxylic acids is 2. The van der Waals surface area contributed by atoms with Crippen LogP contribution < -0.4 is 134 Å². The molecule has 25 nitrogen and oxygen atoms in total. The fourth-order valence-corrected chi connectivity index (χ4v) is 5.92. The van der Waals surface area contributed by atoms with Crippen LogP contribution in [0.15, 0.2) is 4.99 Å². The SMILES string of the molecule is CO[C@@H]1O[C@@H](C(=O)[O-])[C@@H](O[C@@H]2O[C@H](CO)[C@H](O)[C@H](O[C@@H]3O[C@@H](C(=O)[O-])[C@@H](O)[C@H](O)[C@H]3OS(=O)(=O)[O-])[C@H]2N=C(C)[O-])[C@H](O)[C@H]1OS(=O)(=O)O.[Na+].[Na+].[Na+].[Na+]. The molecule has 0 aromatic carbocycles. The third kappa shape index (κ3) is 14.5. The predicted octanol–water partition coefficient (Wildman–Crippen LogP) is -22.3. The van der Waals surface area contributed by atoms with Crippen molar-refractivity contribution in [2.45, 2.75) is 99.0 Å². The van der Waals surface area contributed by atoms with Crippen molar-refractivity contribution in [2.75, 3.05) is 13.7 Å². The van der Waals surface area contributed by atoms with E-state index in [0.717, 1.165) is 14.0 Å². The number of carbonyl (C=O) groups is 2. The monoisotopic (exact) mass is 835 g/mol. The van der Waals surface area contributed by atoms with Gasteiger partial charge in [0.25, 0.3) is 0 Å². The Kier molecular flexibility index (Phi) is 25.0.